The van der Waals surface area contributed by atoms with E-state index >= 15 is 0 Å². The molecular weight excluding hydrogens is 222 g/mol. The van der Waals surface area contributed by atoms with Gasteiger partial charge in [-0.15, -0.1) is 0 Å². The van der Waals surface area contributed by atoms with Crippen LogP contribution in [-0.2, 0) is 6.54 Å². The number of pyridine rings is 1. The van der Waals surface area contributed by atoms with E-state index in [2.05, 4.69) is 28.5 Å². The number of hydrogen-bond donors (Lipinski definition) is 1. The van der Waals surface area contributed by atoms with E-state index in [1.165, 1.54) is 0 Å². The zero-order chi connectivity index (χ0) is 11.7. The number of rotatable bonds is 3. The molecule has 1 N–H and O–H groups in total. The Labute approximate surface area is 100 Å². The number of aromatic nitrogens is 2. The molecule has 2 rings (SSSR count). The third-order valence-electron chi connectivity index (χ3n) is 2.58. The van der Waals surface area contributed by atoms with Gasteiger partial charge in [-0.25, -0.2) is 4.98 Å². The van der Waals surface area contributed by atoms with Crippen LogP contribution in [0.4, 0.5) is 0 Å². The van der Waals surface area contributed by atoms with E-state index in [4.69, 9.17) is 11.6 Å². The molecule has 0 saturated carbocycles. The molecule has 3 nitrogen and oxygen atoms in total. The Balaban J connectivity index is 2.71. The molecule has 0 amide bonds. The van der Waals surface area contributed by atoms with Crippen molar-refractivity contribution in [2.45, 2.75) is 26.3 Å². The average Bonchev–Trinajstić information content (AvgIpc) is 2.59. The lowest BCUT2D eigenvalue weighted by molar-refractivity contribution is 0.751. The smallest absolute Gasteiger partial charge is 0.116 e. The van der Waals surface area contributed by atoms with Gasteiger partial charge in [0.2, 0.25) is 0 Å². The van der Waals surface area contributed by atoms with Crippen molar-refractivity contribution >= 4 is 17.1 Å². The molecular formula is C12H16ClN3. The Bertz CT molecular complexity index is 502. The van der Waals surface area contributed by atoms with Crippen LogP contribution in [0.5, 0.6) is 0 Å². The summed E-state index contributed by atoms with van der Waals surface area (Å²) in [7, 11) is 1.91. The summed E-state index contributed by atoms with van der Waals surface area (Å²) in [5.74, 6) is 1.44. The molecule has 0 aliphatic rings. The zero-order valence-corrected chi connectivity index (χ0v) is 10.5. The monoisotopic (exact) mass is 237 g/mol. The molecule has 0 saturated heterocycles. The van der Waals surface area contributed by atoms with Gasteiger partial charge in [-0.05, 0) is 19.2 Å². The highest BCUT2D eigenvalue weighted by atomic mass is 35.5. The van der Waals surface area contributed by atoms with Gasteiger partial charge in [-0.3, -0.25) is 0 Å². The number of nitrogens with one attached hydrogen (secondary N) is 1. The van der Waals surface area contributed by atoms with Gasteiger partial charge in [0.15, 0.2) is 0 Å². The molecule has 0 unspecified atom stereocenters. The molecule has 0 aliphatic carbocycles. The molecule has 0 aromatic carbocycles. The van der Waals surface area contributed by atoms with Crippen molar-refractivity contribution in [1.29, 1.82) is 0 Å². The van der Waals surface area contributed by atoms with E-state index in [0.717, 1.165) is 28.6 Å². The minimum Gasteiger partial charge on any atom is -0.314 e. The number of nitrogens with zero attached hydrogens (tertiary/aromatic N) is 2. The molecule has 0 aliphatic heterocycles. The zero-order valence-electron chi connectivity index (χ0n) is 9.79. The molecule has 0 spiro atoms. The van der Waals surface area contributed by atoms with Crippen molar-refractivity contribution < 1.29 is 0 Å². The summed E-state index contributed by atoms with van der Waals surface area (Å²) in [5.41, 5.74) is 2.03. The van der Waals surface area contributed by atoms with Gasteiger partial charge >= 0.3 is 0 Å². The Hall–Kier alpha value is -1.06. The fourth-order valence-electron chi connectivity index (χ4n) is 1.89. The number of hydrogen-bond acceptors (Lipinski definition) is 2. The molecule has 4 heteroatoms. The van der Waals surface area contributed by atoms with Crippen LogP contribution < -0.4 is 5.32 Å². The minimum absolute atomic E-state index is 0.386. The first kappa shape index (κ1) is 11.4. The molecule has 16 heavy (non-hydrogen) atoms. The van der Waals surface area contributed by atoms with Gasteiger partial charge < -0.3 is 9.72 Å². The molecule has 0 radical (unpaired) electrons. The lowest BCUT2D eigenvalue weighted by atomic mass is 10.2. The molecule has 86 valence electrons. The van der Waals surface area contributed by atoms with Gasteiger partial charge in [0.05, 0.1) is 16.2 Å². The predicted octanol–water partition coefficient (Wildman–Crippen LogP) is 2.83. The topological polar surface area (TPSA) is 29.3 Å². The van der Waals surface area contributed by atoms with Gasteiger partial charge in [-0.2, -0.15) is 0 Å². The average molecular weight is 238 g/mol. The molecule has 2 heterocycles. The Kier molecular flexibility index (Phi) is 3.17. The van der Waals surface area contributed by atoms with Crippen LogP contribution in [0.25, 0.3) is 5.52 Å². The summed E-state index contributed by atoms with van der Waals surface area (Å²) in [6.45, 7) is 5.01. The predicted molar refractivity (Wildman–Crippen MR) is 67.1 cm³/mol. The third-order valence-corrected chi connectivity index (χ3v) is 2.88. The Morgan fingerprint density at radius 3 is 2.88 bits per heavy atom. The van der Waals surface area contributed by atoms with Crippen molar-refractivity contribution in [1.82, 2.24) is 14.7 Å². The van der Waals surface area contributed by atoms with E-state index < -0.39 is 0 Å². The maximum atomic E-state index is 6.23. The number of halogens is 1. The SMILES string of the molecule is CNCc1nc(C(C)C)n2cccc(Cl)c12. The van der Waals surface area contributed by atoms with Crippen molar-refractivity contribution in [2.24, 2.45) is 0 Å². The van der Waals surface area contributed by atoms with Crippen LogP contribution in [0.1, 0.15) is 31.3 Å². The summed E-state index contributed by atoms with van der Waals surface area (Å²) in [6, 6.07) is 3.86. The summed E-state index contributed by atoms with van der Waals surface area (Å²) in [6.07, 6.45) is 2.02. The first-order valence-electron chi connectivity index (χ1n) is 5.45. The van der Waals surface area contributed by atoms with Gasteiger partial charge in [0.25, 0.3) is 0 Å². The highest BCUT2D eigenvalue weighted by molar-refractivity contribution is 6.34. The standard InChI is InChI=1S/C12H16ClN3/c1-8(2)12-15-10(7-14-3)11-9(13)5-4-6-16(11)12/h4-6,8,14H,7H2,1-3H3. The lowest BCUT2D eigenvalue weighted by Gasteiger charge is -2.04. The first-order chi connectivity index (χ1) is 7.65. The fourth-order valence-corrected chi connectivity index (χ4v) is 2.17. The van der Waals surface area contributed by atoms with Crippen LogP contribution in [-0.4, -0.2) is 16.4 Å². The minimum atomic E-state index is 0.386. The summed E-state index contributed by atoms with van der Waals surface area (Å²) < 4.78 is 2.08. The molecule has 0 bridgehead atoms. The second kappa shape index (κ2) is 4.44. The van der Waals surface area contributed by atoms with Crippen molar-refractivity contribution in [3.05, 3.63) is 34.9 Å². The molecule has 0 atom stereocenters. The lowest BCUT2D eigenvalue weighted by Crippen LogP contribution is -2.05. The van der Waals surface area contributed by atoms with Crippen molar-refractivity contribution in [3.8, 4) is 0 Å². The van der Waals surface area contributed by atoms with E-state index in [1.807, 2.05) is 25.4 Å². The second-order valence-corrected chi connectivity index (χ2v) is 4.58. The van der Waals surface area contributed by atoms with Crippen molar-refractivity contribution in [3.63, 3.8) is 0 Å². The van der Waals surface area contributed by atoms with E-state index in [9.17, 15) is 0 Å². The Morgan fingerprint density at radius 1 is 1.50 bits per heavy atom. The van der Waals surface area contributed by atoms with Crippen LogP contribution in [0.3, 0.4) is 0 Å². The van der Waals surface area contributed by atoms with Crippen LogP contribution in [0, 0.1) is 0 Å². The van der Waals surface area contributed by atoms with E-state index in [1.54, 1.807) is 0 Å². The third kappa shape index (κ3) is 1.81. The van der Waals surface area contributed by atoms with Gasteiger partial charge in [0.1, 0.15) is 5.82 Å². The van der Waals surface area contributed by atoms with Crippen LogP contribution >= 0.6 is 11.6 Å². The first-order valence-corrected chi connectivity index (χ1v) is 5.83. The van der Waals surface area contributed by atoms with Gasteiger partial charge in [0, 0.05) is 18.7 Å². The molecule has 0 fully saturated rings. The largest absolute Gasteiger partial charge is 0.314 e. The van der Waals surface area contributed by atoms with Crippen LogP contribution in [0.2, 0.25) is 5.02 Å². The maximum Gasteiger partial charge on any atom is 0.116 e. The van der Waals surface area contributed by atoms with E-state index in [-0.39, 0.29) is 0 Å². The highest BCUT2D eigenvalue weighted by Crippen LogP contribution is 2.25. The van der Waals surface area contributed by atoms with Crippen LogP contribution in [0.15, 0.2) is 18.3 Å². The summed E-state index contributed by atoms with van der Waals surface area (Å²) >= 11 is 6.23. The highest BCUT2D eigenvalue weighted by Gasteiger charge is 2.14. The maximum absolute atomic E-state index is 6.23. The summed E-state index contributed by atoms with van der Waals surface area (Å²) in [4.78, 5) is 4.66. The normalized spacial score (nSPS) is 11.6. The second-order valence-electron chi connectivity index (χ2n) is 4.18. The summed E-state index contributed by atoms with van der Waals surface area (Å²) in [5, 5.41) is 3.88. The molecule has 2 aromatic heterocycles. The van der Waals surface area contributed by atoms with E-state index in [0.29, 0.717) is 5.92 Å². The van der Waals surface area contributed by atoms with Gasteiger partial charge in [-0.1, -0.05) is 25.4 Å². The Morgan fingerprint density at radius 2 is 2.25 bits per heavy atom. The van der Waals surface area contributed by atoms with Crippen molar-refractivity contribution in [2.75, 3.05) is 7.05 Å². The number of fused-ring (bicyclic) bond motifs is 1. The number of imidazole rings is 1. The quantitative estimate of drug-likeness (QED) is 0.890. The molecule has 2 aromatic rings. The fraction of sp³-hybridized carbons (Fsp3) is 0.417.